The molecule has 1 aliphatic rings. The third-order valence-corrected chi connectivity index (χ3v) is 4.32. The van der Waals surface area contributed by atoms with Crippen LogP contribution < -0.4 is 5.32 Å². The van der Waals surface area contributed by atoms with Crippen molar-refractivity contribution in [3.05, 3.63) is 36.2 Å². The molecule has 0 amide bonds. The number of rotatable bonds is 3. The quantitative estimate of drug-likeness (QED) is 0.560. The summed E-state index contributed by atoms with van der Waals surface area (Å²) in [6.45, 7) is 2.46. The van der Waals surface area contributed by atoms with E-state index in [0.29, 0.717) is 29.0 Å². The molecule has 7 nitrogen and oxygen atoms in total. The van der Waals surface area contributed by atoms with Gasteiger partial charge in [0.25, 0.3) is 0 Å². The van der Waals surface area contributed by atoms with Crippen molar-refractivity contribution < 1.29 is 14.2 Å². The van der Waals surface area contributed by atoms with E-state index in [1.54, 1.807) is 36.0 Å². The molecule has 0 saturated carbocycles. The van der Waals surface area contributed by atoms with Crippen LogP contribution in [-0.4, -0.2) is 31.2 Å². The van der Waals surface area contributed by atoms with Crippen molar-refractivity contribution in [2.75, 3.05) is 11.9 Å². The van der Waals surface area contributed by atoms with Gasteiger partial charge in [-0.05, 0) is 49.9 Å². The van der Waals surface area contributed by atoms with Crippen molar-refractivity contribution in [3.63, 3.8) is 0 Å². The number of aryl methyl sites for hydroxylation is 1. The van der Waals surface area contributed by atoms with Crippen molar-refractivity contribution in [1.82, 2.24) is 19.5 Å². The predicted octanol–water partition coefficient (Wildman–Crippen LogP) is 3.42. The van der Waals surface area contributed by atoms with Gasteiger partial charge < -0.3 is 15.2 Å². The Bertz CT molecular complexity index is 921. The van der Waals surface area contributed by atoms with E-state index in [0.717, 1.165) is 19.3 Å². The maximum Gasteiger partial charge on any atom is 0.312 e. The van der Waals surface area contributed by atoms with Crippen LogP contribution in [0.1, 0.15) is 31.1 Å². The summed E-state index contributed by atoms with van der Waals surface area (Å²) in [5.74, 6) is 0.477. The lowest BCUT2D eigenvalue weighted by Gasteiger charge is -2.23. The van der Waals surface area contributed by atoms with E-state index >= 15 is 0 Å². The Labute approximate surface area is 143 Å². The standard InChI is InChI=1S/C17H18FN5O2/c1-10-8-11(5-6-12(10)24)20-15-14-16(22-17(18)21-15)23(9-19-14)13-4-2-3-7-25-13/h5-6,8-9,13,24H,2-4,7H2,1H3,(H,20,21,22). The second kappa shape index (κ2) is 6.29. The second-order valence-corrected chi connectivity index (χ2v) is 6.11. The van der Waals surface area contributed by atoms with Crippen LogP contribution in [0.15, 0.2) is 24.5 Å². The van der Waals surface area contributed by atoms with Crippen molar-refractivity contribution in [2.24, 2.45) is 0 Å². The maximum absolute atomic E-state index is 14.0. The fourth-order valence-electron chi connectivity index (χ4n) is 3.00. The van der Waals surface area contributed by atoms with E-state index in [-0.39, 0.29) is 17.8 Å². The van der Waals surface area contributed by atoms with Gasteiger partial charge in [-0.1, -0.05) is 0 Å². The third-order valence-electron chi connectivity index (χ3n) is 4.32. The minimum Gasteiger partial charge on any atom is -0.508 e. The van der Waals surface area contributed by atoms with Crippen molar-refractivity contribution in [1.29, 1.82) is 0 Å². The van der Waals surface area contributed by atoms with E-state index in [1.807, 2.05) is 0 Å². The van der Waals surface area contributed by atoms with Crippen LogP contribution in [0.3, 0.4) is 0 Å². The number of hydrogen-bond acceptors (Lipinski definition) is 6. The summed E-state index contributed by atoms with van der Waals surface area (Å²) in [6, 6.07) is 5.01. The number of benzene rings is 1. The van der Waals surface area contributed by atoms with Gasteiger partial charge in [0.05, 0.1) is 6.33 Å². The maximum atomic E-state index is 14.0. The Morgan fingerprint density at radius 1 is 1.32 bits per heavy atom. The number of hydrogen-bond donors (Lipinski definition) is 2. The average Bonchev–Trinajstić information content (AvgIpc) is 3.03. The minimum atomic E-state index is -0.831. The molecule has 1 aliphatic heterocycles. The highest BCUT2D eigenvalue weighted by Crippen LogP contribution is 2.29. The lowest BCUT2D eigenvalue weighted by Crippen LogP contribution is -2.18. The summed E-state index contributed by atoms with van der Waals surface area (Å²) in [5, 5.41) is 12.7. The zero-order chi connectivity index (χ0) is 17.4. The second-order valence-electron chi connectivity index (χ2n) is 6.11. The van der Waals surface area contributed by atoms with Gasteiger partial charge in [-0.2, -0.15) is 14.4 Å². The van der Waals surface area contributed by atoms with Crippen LogP contribution in [0, 0.1) is 13.0 Å². The number of nitrogens with zero attached hydrogens (tertiary/aromatic N) is 4. The molecular formula is C17H18FN5O2. The molecule has 0 spiro atoms. The molecule has 0 bridgehead atoms. The Balaban J connectivity index is 1.73. The number of phenols is 1. The smallest absolute Gasteiger partial charge is 0.312 e. The molecule has 2 N–H and O–H groups in total. The normalized spacial score (nSPS) is 17.8. The summed E-state index contributed by atoms with van der Waals surface area (Å²) in [4.78, 5) is 12.1. The Kier molecular flexibility index (Phi) is 3.96. The predicted molar refractivity (Wildman–Crippen MR) is 90.2 cm³/mol. The summed E-state index contributed by atoms with van der Waals surface area (Å²) < 4.78 is 21.5. The molecule has 25 heavy (non-hydrogen) atoms. The van der Waals surface area contributed by atoms with Crippen molar-refractivity contribution in [2.45, 2.75) is 32.4 Å². The van der Waals surface area contributed by atoms with Crippen LogP contribution in [0.25, 0.3) is 11.2 Å². The molecule has 0 radical (unpaired) electrons. The molecule has 1 aromatic carbocycles. The molecule has 4 rings (SSSR count). The zero-order valence-electron chi connectivity index (χ0n) is 13.7. The van der Waals surface area contributed by atoms with Gasteiger partial charge >= 0.3 is 6.08 Å². The molecule has 1 atom stereocenters. The van der Waals surface area contributed by atoms with E-state index in [1.165, 1.54) is 0 Å². The highest BCUT2D eigenvalue weighted by molar-refractivity contribution is 5.85. The third kappa shape index (κ3) is 3.00. The highest BCUT2D eigenvalue weighted by Gasteiger charge is 2.21. The molecular weight excluding hydrogens is 325 g/mol. The van der Waals surface area contributed by atoms with Gasteiger partial charge in [0.1, 0.15) is 12.0 Å². The van der Waals surface area contributed by atoms with Gasteiger partial charge in [-0.15, -0.1) is 0 Å². The number of anilines is 2. The van der Waals surface area contributed by atoms with E-state index < -0.39 is 6.08 Å². The van der Waals surface area contributed by atoms with Gasteiger partial charge in [-0.25, -0.2) is 4.98 Å². The van der Waals surface area contributed by atoms with Gasteiger partial charge in [0.15, 0.2) is 17.0 Å². The highest BCUT2D eigenvalue weighted by atomic mass is 19.1. The molecule has 3 aromatic rings. The lowest BCUT2D eigenvalue weighted by atomic mass is 10.2. The van der Waals surface area contributed by atoms with E-state index in [2.05, 4.69) is 20.3 Å². The SMILES string of the molecule is Cc1cc(Nc2nc(F)nc3c2ncn3C2CCCCO2)ccc1O. The first-order valence-electron chi connectivity index (χ1n) is 8.20. The monoisotopic (exact) mass is 343 g/mol. The van der Waals surface area contributed by atoms with Gasteiger partial charge in [0, 0.05) is 12.3 Å². The van der Waals surface area contributed by atoms with Gasteiger partial charge in [0.2, 0.25) is 0 Å². The number of imidazole rings is 1. The molecule has 8 heteroatoms. The topological polar surface area (TPSA) is 85.1 Å². The first-order chi connectivity index (χ1) is 12.1. The number of aromatic nitrogens is 4. The minimum absolute atomic E-state index is 0.184. The number of aromatic hydroxyl groups is 1. The Hall–Kier alpha value is -2.74. The van der Waals surface area contributed by atoms with Crippen LogP contribution in [-0.2, 0) is 4.74 Å². The van der Waals surface area contributed by atoms with Crippen LogP contribution in [0.5, 0.6) is 5.75 Å². The summed E-state index contributed by atoms with van der Waals surface area (Å²) in [5.41, 5.74) is 2.26. The molecule has 1 saturated heterocycles. The number of nitrogens with one attached hydrogen (secondary N) is 1. The molecule has 130 valence electrons. The zero-order valence-corrected chi connectivity index (χ0v) is 13.7. The van der Waals surface area contributed by atoms with E-state index in [9.17, 15) is 9.50 Å². The first-order valence-corrected chi connectivity index (χ1v) is 8.20. The molecule has 0 aliphatic carbocycles. The van der Waals surface area contributed by atoms with Crippen LogP contribution in [0.4, 0.5) is 15.9 Å². The van der Waals surface area contributed by atoms with E-state index in [4.69, 9.17) is 4.74 Å². The summed E-state index contributed by atoms with van der Waals surface area (Å²) >= 11 is 0. The average molecular weight is 343 g/mol. The van der Waals surface area contributed by atoms with Crippen LogP contribution in [0.2, 0.25) is 0 Å². The Morgan fingerprint density at radius 3 is 2.96 bits per heavy atom. The summed E-state index contributed by atoms with van der Waals surface area (Å²) in [7, 11) is 0. The molecule has 3 heterocycles. The number of ether oxygens (including phenoxy) is 1. The molecule has 2 aromatic heterocycles. The van der Waals surface area contributed by atoms with Crippen molar-refractivity contribution in [3.8, 4) is 5.75 Å². The summed E-state index contributed by atoms with van der Waals surface area (Å²) in [6.07, 6.45) is 3.52. The van der Waals surface area contributed by atoms with Crippen LogP contribution >= 0.6 is 0 Å². The number of halogens is 1. The fraction of sp³-hybridized carbons (Fsp3) is 0.353. The Morgan fingerprint density at radius 2 is 2.20 bits per heavy atom. The molecule has 1 unspecified atom stereocenters. The number of phenolic OH excluding ortho intramolecular Hbond substituents is 1. The number of fused-ring (bicyclic) bond motifs is 1. The fourth-order valence-corrected chi connectivity index (χ4v) is 3.00. The largest absolute Gasteiger partial charge is 0.508 e. The molecule has 1 fully saturated rings. The van der Waals surface area contributed by atoms with Gasteiger partial charge in [-0.3, -0.25) is 4.57 Å². The first kappa shape index (κ1) is 15.8. The lowest BCUT2D eigenvalue weighted by molar-refractivity contribution is -0.0298. The van der Waals surface area contributed by atoms with Crippen molar-refractivity contribution >= 4 is 22.7 Å².